The van der Waals surface area contributed by atoms with E-state index in [9.17, 15) is 0 Å². The lowest BCUT2D eigenvalue weighted by atomic mass is 9.97. The molecule has 1 saturated heterocycles. The maximum Gasteiger partial charge on any atom is 0.232 e. The van der Waals surface area contributed by atoms with Crippen LogP contribution in [0.2, 0.25) is 0 Å². The van der Waals surface area contributed by atoms with Crippen molar-refractivity contribution in [2.45, 2.75) is 31.7 Å². The maximum absolute atomic E-state index is 5.23. The summed E-state index contributed by atoms with van der Waals surface area (Å²) in [7, 11) is 1.63. The van der Waals surface area contributed by atoms with Crippen molar-refractivity contribution in [2.24, 2.45) is 5.92 Å². The number of nitrogens with zero attached hydrogens (tertiary/aromatic N) is 3. The first-order chi connectivity index (χ1) is 9.76. The highest BCUT2D eigenvalue weighted by Gasteiger charge is 2.25. The highest BCUT2D eigenvalue weighted by atomic mass is 79.9. The monoisotopic (exact) mass is 340 g/mol. The van der Waals surface area contributed by atoms with E-state index in [-0.39, 0.29) is 0 Å². The van der Waals surface area contributed by atoms with E-state index in [0.717, 1.165) is 35.5 Å². The van der Waals surface area contributed by atoms with E-state index in [4.69, 9.17) is 4.74 Å². The number of hydrogen-bond acceptors (Lipinski definition) is 5. The molecule has 2 aliphatic rings. The van der Waals surface area contributed by atoms with Gasteiger partial charge in [0.1, 0.15) is 0 Å². The third-order valence-corrected chi connectivity index (χ3v) is 4.61. The van der Waals surface area contributed by atoms with Crippen LogP contribution in [0, 0.1) is 5.92 Å². The molecule has 110 valence electrons. The largest absolute Gasteiger partial charge is 0.480 e. The van der Waals surface area contributed by atoms with E-state index < -0.39 is 0 Å². The highest BCUT2D eigenvalue weighted by molar-refractivity contribution is 9.10. The normalized spacial score (nSPS) is 20.2. The van der Waals surface area contributed by atoms with Crippen molar-refractivity contribution in [1.82, 2.24) is 15.3 Å². The molecule has 3 rings (SSSR count). The van der Waals surface area contributed by atoms with Gasteiger partial charge in [0.05, 0.1) is 17.8 Å². The van der Waals surface area contributed by atoms with Gasteiger partial charge in [-0.15, -0.1) is 0 Å². The van der Waals surface area contributed by atoms with Gasteiger partial charge in [-0.05, 0) is 54.1 Å². The topological polar surface area (TPSA) is 50.3 Å². The standard InChI is InChI=1S/C14H21BrN4O/c1-20-13-12(15)9-17-14(18-13)19-6-4-10(5-7-19)8-16-11-2-3-11/h9-11,16H,2-8H2,1H3. The van der Waals surface area contributed by atoms with E-state index >= 15 is 0 Å². The highest BCUT2D eigenvalue weighted by Crippen LogP contribution is 2.26. The first-order valence-electron chi connectivity index (χ1n) is 7.31. The second kappa shape index (κ2) is 6.26. The van der Waals surface area contributed by atoms with Crippen LogP contribution < -0.4 is 15.0 Å². The molecule has 2 heterocycles. The third-order valence-electron chi connectivity index (χ3n) is 4.06. The van der Waals surface area contributed by atoms with Gasteiger partial charge in [-0.25, -0.2) is 4.98 Å². The van der Waals surface area contributed by atoms with Crippen LogP contribution in [0.15, 0.2) is 10.7 Å². The minimum Gasteiger partial charge on any atom is -0.480 e. The van der Waals surface area contributed by atoms with Gasteiger partial charge in [-0.1, -0.05) is 0 Å². The van der Waals surface area contributed by atoms with Crippen LogP contribution >= 0.6 is 15.9 Å². The summed E-state index contributed by atoms with van der Waals surface area (Å²) >= 11 is 3.39. The number of piperidine rings is 1. The molecule has 0 aromatic carbocycles. The molecule has 0 unspecified atom stereocenters. The lowest BCUT2D eigenvalue weighted by Crippen LogP contribution is -2.38. The average molecular weight is 341 g/mol. The van der Waals surface area contributed by atoms with E-state index in [1.54, 1.807) is 13.3 Å². The lowest BCUT2D eigenvalue weighted by Gasteiger charge is -2.32. The number of methoxy groups -OCH3 is 1. The molecule has 0 spiro atoms. The Kier molecular flexibility index (Phi) is 4.41. The van der Waals surface area contributed by atoms with Gasteiger partial charge in [-0.2, -0.15) is 4.98 Å². The summed E-state index contributed by atoms with van der Waals surface area (Å²) in [5.41, 5.74) is 0. The zero-order valence-electron chi connectivity index (χ0n) is 11.8. The smallest absolute Gasteiger partial charge is 0.232 e. The summed E-state index contributed by atoms with van der Waals surface area (Å²) in [5, 5.41) is 3.63. The molecular weight excluding hydrogens is 320 g/mol. The number of nitrogens with one attached hydrogen (secondary N) is 1. The molecule has 0 amide bonds. The van der Waals surface area contributed by atoms with E-state index in [1.165, 1.54) is 32.2 Å². The number of anilines is 1. The Morgan fingerprint density at radius 2 is 2.10 bits per heavy atom. The minimum absolute atomic E-state index is 0.604. The van der Waals surface area contributed by atoms with Crippen LogP contribution in [0.5, 0.6) is 5.88 Å². The SMILES string of the molecule is COc1nc(N2CCC(CNC3CC3)CC2)ncc1Br. The molecule has 1 saturated carbocycles. The molecule has 5 nitrogen and oxygen atoms in total. The number of hydrogen-bond donors (Lipinski definition) is 1. The molecule has 0 bridgehead atoms. The van der Waals surface area contributed by atoms with Gasteiger partial charge < -0.3 is 15.0 Å². The molecule has 20 heavy (non-hydrogen) atoms. The van der Waals surface area contributed by atoms with Gasteiger partial charge in [0.2, 0.25) is 11.8 Å². The molecule has 0 atom stereocenters. The Balaban J connectivity index is 1.54. The van der Waals surface area contributed by atoms with Crippen molar-refractivity contribution in [3.8, 4) is 5.88 Å². The van der Waals surface area contributed by atoms with Crippen LogP contribution in [0.3, 0.4) is 0 Å². The molecule has 2 fully saturated rings. The zero-order valence-corrected chi connectivity index (χ0v) is 13.4. The number of ether oxygens (including phenoxy) is 1. The Morgan fingerprint density at radius 1 is 1.35 bits per heavy atom. The molecule has 1 N–H and O–H groups in total. The minimum atomic E-state index is 0.604. The van der Waals surface area contributed by atoms with Crippen molar-refractivity contribution >= 4 is 21.9 Å². The number of halogens is 1. The van der Waals surface area contributed by atoms with Crippen LogP contribution in [0.25, 0.3) is 0 Å². The fraction of sp³-hybridized carbons (Fsp3) is 0.714. The van der Waals surface area contributed by atoms with Gasteiger partial charge in [0, 0.05) is 19.1 Å². The molecule has 6 heteroatoms. The van der Waals surface area contributed by atoms with Crippen LogP contribution in [-0.2, 0) is 0 Å². The summed E-state index contributed by atoms with van der Waals surface area (Å²) in [6, 6.07) is 0.812. The van der Waals surface area contributed by atoms with Gasteiger partial charge in [-0.3, -0.25) is 0 Å². The first kappa shape index (κ1) is 14.1. The van der Waals surface area contributed by atoms with E-state index in [1.807, 2.05) is 0 Å². The molecule has 1 aliphatic carbocycles. The Labute approximate surface area is 128 Å². The summed E-state index contributed by atoms with van der Waals surface area (Å²) in [6.45, 7) is 3.23. The molecule has 1 aromatic rings. The predicted octanol–water partition coefficient (Wildman–Crippen LogP) is 2.22. The van der Waals surface area contributed by atoms with E-state index in [2.05, 4.69) is 36.1 Å². The second-order valence-corrected chi connectivity index (χ2v) is 6.49. The molecular formula is C14H21BrN4O. The molecule has 1 aliphatic heterocycles. The van der Waals surface area contributed by atoms with Crippen molar-refractivity contribution in [3.63, 3.8) is 0 Å². The number of aromatic nitrogens is 2. The summed E-state index contributed by atoms with van der Waals surface area (Å²) in [4.78, 5) is 11.1. The lowest BCUT2D eigenvalue weighted by molar-refractivity contribution is 0.374. The van der Waals surface area contributed by atoms with Crippen molar-refractivity contribution in [3.05, 3.63) is 10.7 Å². The van der Waals surface area contributed by atoms with E-state index in [0.29, 0.717) is 5.88 Å². The zero-order chi connectivity index (χ0) is 13.9. The Bertz CT molecular complexity index is 458. The van der Waals surface area contributed by atoms with Gasteiger partial charge >= 0.3 is 0 Å². The summed E-state index contributed by atoms with van der Waals surface area (Å²) < 4.78 is 6.03. The predicted molar refractivity (Wildman–Crippen MR) is 82.2 cm³/mol. The molecule has 1 aromatic heterocycles. The van der Waals surface area contributed by atoms with Gasteiger partial charge in [0.15, 0.2) is 0 Å². The molecule has 0 radical (unpaired) electrons. The average Bonchev–Trinajstić information content (AvgIpc) is 3.30. The second-order valence-electron chi connectivity index (χ2n) is 5.64. The van der Waals surface area contributed by atoms with Crippen molar-refractivity contribution in [1.29, 1.82) is 0 Å². The van der Waals surface area contributed by atoms with Crippen molar-refractivity contribution < 1.29 is 4.74 Å². The summed E-state index contributed by atoms with van der Waals surface area (Å²) in [5.74, 6) is 2.18. The quantitative estimate of drug-likeness (QED) is 0.890. The first-order valence-corrected chi connectivity index (χ1v) is 8.10. The van der Waals surface area contributed by atoms with Crippen LogP contribution in [0.4, 0.5) is 5.95 Å². The van der Waals surface area contributed by atoms with Crippen LogP contribution in [-0.4, -0.2) is 42.8 Å². The van der Waals surface area contributed by atoms with Crippen LogP contribution in [0.1, 0.15) is 25.7 Å². The van der Waals surface area contributed by atoms with Gasteiger partial charge in [0.25, 0.3) is 0 Å². The van der Waals surface area contributed by atoms with Crippen molar-refractivity contribution in [2.75, 3.05) is 31.6 Å². The fourth-order valence-electron chi connectivity index (χ4n) is 2.60. The summed E-state index contributed by atoms with van der Waals surface area (Å²) in [6.07, 6.45) is 6.92. The Hall–Kier alpha value is -0.880. The maximum atomic E-state index is 5.23. The fourth-order valence-corrected chi connectivity index (χ4v) is 2.95. The third kappa shape index (κ3) is 3.41. The number of rotatable bonds is 5. The Morgan fingerprint density at radius 3 is 2.75 bits per heavy atom.